The van der Waals surface area contributed by atoms with E-state index >= 15 is 0 Å². The zero-order chi connectivity index (χ0) is 13.1. The summed E-state index contributed by atoms with van der Waals surface area (Å²) in [5, 5.41) is 0. The van der Waals surface area contributed by atoms with Crippen LogP contribution in [0.3, 0.4) is 0 Å². The molecule has 0 amide bonds. The number of hydrogen-bond acceptors (Lipinski definition) is 0. The molecule has 0 heterocycles. The molecule has 0 atom stereocenters. The molecular weight excluding hydrogens is 208 g/mol. The van der Waals surface area contributed by atoms with Crippen LogP contribution in [0.4, 0.5) is 0 Å². The lowest BCUT2D eigenvalue weighted by molar-refractivity contribution is 0.571. The lowest BCUT2D eigenvalue weighted by Crippen LogP contribution is -2.43. The van der Waals surface area contributed by atoms with E-state index < -0.39 is 8.07 Å². The van der Waals surface area contributed by atoms with Gasteiger partial charge in [0.15, 0.2) is 0 Å². The third kappa shape index (κ3) is 3.66. The van der Waals surface area contributed by atoms with Gasteiger partial charge in [-0.1, -0.05) is 41.5 Å². The lowest BCUT2D eigenvalue weighted by atomic mass is 9.99. The first-order valence-corrected chi connectivity index (χ1v) is 8.81. The molecule has 94 valence electrons. The molecule has 0 aliphatic carbocycles. The Morgan fingerprint density at radius 3 is 1.25 bits per heavy atom. The molecular formula is C15H30Si. The Balaban J connectivity index is 5.45. The SMILES string of the molecule is CC(C)[Si](C#CC(C)(C)C)(C(C)C)C(C)C. The van der Waals surface area contributed by atoms with Gasteiger partial charge in [0.25, 0.3) is 0 Å². The highest BCUT2D eigenvalue weighted by molar-refractivity contribution is 6.90. The highest BCUT2D eigenvalue weighted by Gasteiger charge is 2.41. The number of hydrogen-bond donors (Lipinski definition) is 0. The quantitative estimate of drug-likeness (QED) is 0.465. The summed E-state index contributed by atoms with van der Waals surface area (Å²) in [7, 11) is -1.50. The molecule has 0 saturated carbocycles. The highest BCUT2D eigenvalue weighted by Crippen LogP contribution is 2.40. The zero-order valence-corrected chi connectivity index (χ0v) is 13.7. The van der Waals surface area contributed by atoms with Crippen molar-refractivity contribution in [2.45, 2.75) is 78.9 Å². The maximum Gasteiger partial charge on any atom is 0.145 e. The van der Waals surface area contributed by atoms with Crippen LogP contribution in [0.1, 0.15) is 62.3 Å². The summed E-state index contributed by atoms with van der Waals surface area (Å²) in [6.07, 6.45) is 0. The van der Waals surface area contributed by atoms with Crippen LogP contribution in [-0.2, 0) is 0 Å². The van der Waals surface area contributed by atoms with Crippen LogP contribution in [0.5, 0.6) is 0 Å². The topological polar surface area (TPSA) is 0 Å². The van der Waals surface area contributed by atoms with Crippen molar-refractivity contribution in [1.29, 1.82) is 0 Å². The fraction of sp³-hybridized carbons (Fsp3) is 0.867. The van der Waals surface area contributed by atoms with E-state index in [2.05, 4.69) is 73.8 Å². The molecule has 0 aliphatic rings. The van der Waals surface area contributed by atoms with Crippen molar-refractivity contribution >= 4 is 8.07 Å². The van der Waals surface area contributed by atoms with Gasteiger partial charge in [-0.25, -0.2) is 0 Å². The summed E-state index contributed by atoms with van der Waals surface area (Å²) >= 11 is 0. The monoisotopic (exact) mass is 238 g/mol. The molecule has 0 unspecified atom stereocenters. The van der Waals surface area contributed by atoms with Gasteiger partial charge >= 0.3 is 0 Å². The molecule has 0 N–H and O–H groups in total. The van der Waals surface area contributed by atoms with Gasteiger partial charge < -0.3 is 0 Å². The highest BCUT2D eigenvalue weighted by atomic mass is 28.3. The average molecular weight is 238 g/mol. The lowest BCUT2D eigenvalue weighted by Gasteiger charge is -2.38. The van der Waals surface area contributed by atoms with E-state index in [1.54, 1.807) is 0 Å². The first kappa shape index (κ1) is 15.8. The third-order valence-electron chi connectivity index (χ3n) is 3.52. The first-order valence-electron chi connectivity index (χ1n) is 6.58. The van der Waals surface area contributed by atoms with E-state index in [1.165, 1.54) is 0 Å². The summed E-state index contributed by atoms with van der Waals surface area (Å²) < 4.78 is 0. The minimum absolute atomic E-state index is 0.136. The Morgan fingerprint density at radius 2 is 1.06 bits per heavy atom. The van der Waals surface area contributed by atoms with Gasteiger partial charge in [-0.3, -0.25) is 0 Å². The van der Waals surface area contributed by atoms with E-state index in [1.807, 2.05) is 0 Å². The second-order valence-electron chi connectivity index (χ2n) is 6.90. The summed E-state index contributed by atoms with van der Waals surface area (Å²) in [5.41, 5.74) is 6.11. The Bertz CT molecular complexity index is 246. The predicted molar refractivity (Wildman–Crippen MR) is 78.3 cm³/mol. The van der Waals surface area contributed by atoms with E-state index in [0.29, 0.717) is 0 Å². The summed E-state index contributed by atoms with van der Waals surface area (Å²) in [5.74, 6) is 3.52. The van der Waals surface area contributed by atoms with Crippen LogP contribution in [-0.4, -0.2) is 8.07 Å². The van der Waals surface area contributed by atoms with Gasteiger partial charge in [-0.05, 0) is 37.4 Å². The third-order valence-corrected chi connectivity index (χ3v) is 9.81. The molecule has 1 heteroatoms. The van der Waals surface area contributed by atoms with Crippen molar-refractivity contribution in [2.75, 3.05) is 0 Å². The first-order chi connectivity index (χ1) is 7.04. The zero-order valence-electron chi connectivity index (χ0n) is 12.7. The molecule has 0 radical (unpaired) electrons. The van der Waals surface area contributed by atoms with E-state index in [0.717, 1.165) is 16.6 Å². The average Bonchev–Trinajstić information content (AvgIpc) is 2.00. The minimum Gasteiger partial charge on any atom is -0.130 e. The molecule has 0 aromatic carbocycles. The van der Waals surface area contributed by atoms with E-state index in [4.69, 9.17) is 0 Å². The van der Waals surface area contributed by atoms with Crippen molar-refractivity contribution in [1.82, 2.24) is 0 Å². The minimum atomic E-state index is -1.50. The molecule has 0 aromatic heterocycles. The van der Waals surface area contributed by atoms with Gasteiger partial charge in [0.05, 0.1) is 0 Å². The van der Waals surface area contributed by atoms with E-state index in [9.17, 15) is 0 Å². The fourth-order valence-electron chi connectivity index (χ4n) is 2.73. The standard InChI is InChI=1S/C15H30Si/c1-12(2)16(13(3)4,14(5)6)11-10-15(7,8)9/h12-14H,1-9H3. The van der Waals surface area contributed by atoms with Gasteiger partial charge in [0.2, 0.25) is 0 Å². The number of rotatable bonds is 3. The maximum absolute atomic E-state index is 3.76. The van der Waals surface area contributed by atoms with Gasteiger partial charge in [-0.2, -0.15) is 0 Å². The van der Waals surface area contributed by atoms with Gasteiger partial charge in [0.1, 0.15) is 8.07 Å². The van der Waals surface area contributed by atoms with Crippen LogP contribution in [0.2, 0.25) is 16.6 Å². The van der Waals surface area contributed by atoms with Crippen LogP contribution in [0.15, 0.2) is 0 Å². The van der Waals surface area contributed by atoms with Gasteiger partial charge in [-0.15, -0.1) is 11.5 Å². The Kier molecular flexibility index (Phi) is 5.33. The molecule has 0 aliphatic heterocycles. The van der Waals surface area contributed by atoms with E-state index in [-0.39, 0.29) is 5.41 Å². The summed E-state index contributed by atoms with van der Waals surface area (Å²) in [6.45, 7) is 20.8. The van der Waals surface area contributed by atoms with Crippen LogP contribution < -0.4 is 0 Å². The van der Waals surface area contributed by atoms with Crippen molar-refractivity contribution in [2.24, 2.45) is 5.41 Å². The largest absolute Gasteiger partial charge is 0.145 e. The van der Waals surface area contributed by atoms with Gasteiger partial charge in [0, 0.05) is 5.41 Å². The Labute approximate surface area is 104 Å². The van der Waals surface area contributed by atoms with Crippen LogP contribution in [0.25, 0.3) is 0 Å². The summed E-state index contributed by atoms with van der Waals surface area (Å²) in [4.78, 5) is 0. The second-order valence-corrected chi connectivity index (χ2v) is 12.5. The molecule has 0 aromatic rings. The molecule has 0 fully saturated rings. The molecule has 0 saturated heterocycles. The summed E-state index contributed by atoms with van der Waals surface area (Å²) in [6, 6.07) is 0. The molecule has 0 rings (SSSR count). The van der Waals surface area contributed by atoms with Crippen LogP contribution in [0, 0.1) is 16.9 Å². The fourth-order valence-corrected chi connectivity index (χ4v) is 8.19. The maximum atomic E-state index is 3.76. The van der Waals surface area contributed by atoms with Crippen LogP contribution >= 0.6 is 0 Å². The van der Waals surface area contributed by atoms with Crippen molar-refractivity contribution in [3.8, 4) is 11.5 Å². The van der Waals surface area contributed by atoms with Crippen molar-refractivity contribution in [3.05, 3.63) is 0 Å². The molecule has 16 heavy (non-hydrogen) atoms. The second kappa shape index (κ2) is 5.41. The molecule has 0 nitrogen and oxygen atoms in total. The Morgan fingerprint density at radius 1 is 0.750 bits per heavy atom. The smallest absolute Gasteiger partial charge is 0.130 e. The molecule has 0 spiro atoms. The van der Waals surface area contributed by atoms with Crippen molar-refractivity contribution in [3.63, 3.8) is 0 Å². The van der Waals surface area contributed by atoms with Crippen molar-refractivity contribution < 1.29 is 0 Å². The Hall–Kier alpha value is -0.223. The predicted octanol–water partition coefficient (Wildman–Crippen LogP) is 5.25. The molecule has 0 bridgehead atoms. The normalized spacial score (nSPS) is 13.2.